The molecule has 0 bridgehead atoms. The highest BCUT2D eigenvalue weighted by Gasteiger charge is 2.12. The summed E-state index contributed by atoms with van der Waals surface area (Å²) in [6, 6.07) is 5.50. The Hall–Kier alpha value is -2.82. The van der Waals surface area contributed by atoms with Gasteiger partial charge in [0.05, 0.1) is 7.11 Å². The summed E-state index contributed by atoms with van der Waals surface area (Å²) in [4.78, 5) is 15.9. The summed E-state index contributed by atoms with van der Waals surface area (Å²) in [6.07, 6.45) is 11.3. The number of rotatable bonds is 5. The number of ether oxygens (including phenoxy) is 1. The molecule has 1 aliphatic rings. The predicted molar refractivity (Wildman–Crippen MR) is 101 cm³/mol. The lowest BCUT2D eigenvalue weighted by atomic mass is 10.0. The zero-order valence-corrected chi connectivity index (χ0v) is 14.8. The first kappa shape index (κ1) is 17.0. The summed E-state index contributed by atoms with van der Waals surface area (Å²) >= 11 is 0. The first-order valence-electron chi connectivity index (χ1n) is 8.40. The highest BCUT2D eigenvalue weighted by atomic mass is 16.5. The van der Waals surface area contributed by atoms with Gasteiger partial charge in [0.2, 0.25) is 5.95 Å². The Morgan fingerprint density at radius 1 is 1.28 bits per heavy atom. The van der Waals surface area contributed by atoms with Crippen molar-refractivity contribution in [2.24, 2.45) is 5.92 Å². The number of hydrogen-bond donors (Lipinski definition) is 1. The molecule has 3 rings (SSSR count). The Kier molecular flexibility index (Phi) is 5.03. The van der Waals surface area contributed by atoms with Crippen LogP contribution in [0.4, 0.5) is 11.6 Å². The SMILES string of the molecule is COc1cc(C)c(Nc2nc(=O)ccn2CC2C=CC=CC2)cc1C. The summed E-state index contributed by atoms with van der Waals surface area (Å²) in [7, 11) is 1.66. The summed E-state index contributed by atoms with van der Waals surface area (Å²) in [6.45, 7) is 4.77. The molecule has 1 heterocycles. The smallest absolute Gasteiger partial charge is 0.274 e. The number of aromatic nitrogens is 2. The minimum absolute atomic E-state index is 0.249. The van der Waals surface area contributed by atoms with Crippen molar-refractivity contribution in [1.82, 2.24) is 9.55 Å². The van der Waals surface area contributed by atoms with Gasteiger partial charge in [0, 0.05) is 24.5 Å². The zero-order chi connectivity index (χ0) is 17.8. The summed E-state index contributed by atoms with van der Waals surface area (Å²) in [5.74, 6) is 1.80. The fraction of sp³-hybridized carbons (Fsp3) is 0.300. The monoisotopic (exact) mass is 337 g/mol. The maximum Gasteiger partial charge on any atom is 0.274 e. The van der Waals surface area contributed by atoms with Crippen molar-refractivity contribution in [2.75, 3.05) is 12.4 Å². The van der Waals surface area contributed by atoms with Crippen LogP contribution < -0.4 is 15.6 Å². The van der Waals surface area contributed by atoms with Gasteiger partial charge in [-0.25, -0.2) is 0 Å². The minimum Gasteiger partial charge on any atom is -0.496 e. The Bertz CT molecular complexity index is 881. The molecule has 0 fully saturated rings. The van der Waals surface area contributed by atoms with Gasteiger partial charge in [-0.05, 0) is 49.4 Å². The third-order valence-corrected chi connectivity index (χ3v) is 4.37. The van der Waals surface area contributed by atoms with E-state index in [1.165, 1.54) is 6.07 Å². The van der Waals surface area contributed by atoms with E-state index in [2.05, 4.69) is 34.6 Å². The Morgan fingerprint density at radius 3 is 2.84 bits per heavy atom. The minimum atomic E-state index is -0.249. The number of aryl methyl sites for hydroxylation is 2. The van der Waals surface area contributed by atoms with E-state index in [0.29, 0.717) is 11.9 Å². The molecule has 0 aliphatic heterocycles. The van der Waals surface area contributed by atoms with Gasteiger partial charge in [-0.3, -0.25) is 4.79 Å². The first-order valence-corrected chi connectivity index (χ1v) is 8.40. The standard InChI is InChI=1S/C20H23N3O2/c1-14-12-18(25-3)15(2)11-17(14)21-20-22-19(24)9-10-23(20)13-16-7-5-4-6-8-16/h4-7,9-12,16H,8,13H2,1-3H3,(H,21,22,24). The van der Waals surface area contributed by atoms with Crippen LogP contribution >= 0.6 is 0 Å². The van der Waals surface area contributed by atoms with E-state index in [0.717, 1.165) is 35.5 Å². The van der Waals surface area contributed by atoms with Gasteiger partial charge in [-0.15, -0.1) is 0 Å². The van der Waals surface area contributed by atoms with Crippen LogP contribution in [0.5, 0.6) is 5.75 Å². The average molecular weight is 337 g/mol. The summed E-state index contributed by atoms with van der Waals surface area (Å²) < 4.78 is 7.36. The largest absolute Gasteiger partial charge is 0.496 e. The molecule has 1 aromatic heterocycles. The number of nitrogens with one attached hydrogen (secondary N) is 1. The maximum atomic E-state index is 11.8. The molecule has 5 nitrogen and oxygen atoms in total. The van der Waals surface area contributed by atoms with Crippen LogP contribution in [0.2, 0.25) is 0 Å². The van der Waals surface area contributed by atoms with Crippen molar-refractivity contribution < 1.29 is 4.74 Å². The molecule has 1 atom stereocenters. The number of anilines is 2. The third kappa shape index (κ3) is 3.99. The third-order valence-electron chi connectivity index (χ3n) is 4.37. The van der Waals surface area contributed by atoms with Gasteiger partial charge in [-0.2, -0.15) is 4.98 Å². The summed E-state index contributed by atoms with van der Waals surface area (Å²) in [5, 5.41) is 3.32. The van der Waals surface area contributed by atoms with Gasteiger partial charge in [-0.1, -0.05) is 24.3 Å². The van der Waals surface area contributed by atoms with E-state index in [-0.39, 0.29) is 5.56 Å². The average Bonchev–Trinajstić information content (AvgIpc) is 2.61. The van der Waals surface area contributed by atoms with Crippen LogP contribution in [-0.4, -0.2) is 16.7 Å². The van der Waals surface area contributed by atoms with Gasteiger partial charge in [0.25, 0.3) is 5.56 Å². The molecule has 2 aromatic rings. The maximum absolute atomic E-state index is 11.8. The van der Waals surface area contributed by atoms with Gasteiger partial charge in [0.15, 0.2) is 0 Å². The number of allylic oxidation sites excluding steroid dienone is 4. The molecular weight excluding hydrogens is 314 g/mol. The van der Waals surface area contributed by atoms with Gasteiger partial charge in [0.1, 0.15) is 5.75 Å². The molecule has 0 amide bonds. The predicted octanol–water partition coefficient (Wildman–Crippen LogP) is 3.74. The van der Waals surface area contributed by atoms with Gasteiger partial charge < -0.3 is 14.6 Å². The fourth-order valence-electron chi connectivity index (χ4n) is 2.96. The number of methoxy groups -OCH3 is 1. The van der Waals surface area contributed by atoms with Crippen LogP contribution in [0.25, 0.3) is 0 Å². The lowest BCUT2D eigenvalue weighted by Crippen LogP contribution is -2.19. The second-order valence-corrected chi connectivity index (χ2v) is 6.31. The molecule has 1 aromatic carbocycles. The lowest BCUT2D eigenvalue weighted by Gasteiger charge is -2.20. The molecule has 1 N–H and O–H groups in total. The zero-order valence-electron chi connectivity index (χ0n) is 14.8. The van der Waals surface area contributed by atoms with E-state index in [1.54, 1.807) is 13.3 Å². The molecule has 0 saturated heterocycles. The molecule has 1 aliphatic carbocycles. The van der Waals surface area contributed by atoms with Crippen molar-refractivity contribution in [3.8, 4) is 5.75 Å². The number of hydrogen-bond acceptors (Lipinski definition) is 4. The van der Waals surface area contributed by atoms with Crippen molar-refractivity contribution in [3.63, 3.8) is 0 Å². The summed E-state index contributed by atoms with van der Waals surface area (Å²) in [5.41, 5.74) is 2.73. The Balaban J connectivity index is 1.90. The molecule has 0 spiro atoms. The van der Waals surface area contributed by atoms with Crippen molar-refractivity contribution in [2.45, 2.75) is 26.8 Å². The van der Waals surface area contributed by atoms with Crippen molar-refractivity contribution in [3.05, 3.63) is 70.2 Å². The van der Waals surface area contributed by atoms with E-state index in [9.17, 15) is 4.79 Å². The van der Waals surface area contributed by atoms with E-state index in [1.807, 2.05) is 30.5 Å². The quantitative estimate of drug-likeness (QED) is 0.903. The van der Waals surface area contributed by atoms with Crippen LogP contribution in [0.15, 0.2) is 53.5 Å². The first-order chi connectivity index (χ1) is 12.1. The second-order valence-electron chi connectivity index (χ2n) is 6.31. The van der Waals surface area contributed by atoms with Crippen molar-refractivity contribution in [1.29, 1.82) is 0 Å². The molecule has 130 valence electrons. The van der Waals surface area contributed by atoms with E-state index >= 15 is 0 Å². The van der Waals surface area contributed by atoms with Gasteiger partial charge >= 0.3 is 0 Å². The molecule has 1 unspecified atom stereocenters. The molecule has 0 saturated carbocycles. The van der Waals surface area contributed by atoms with Crippen LogP contribution in [0.3, 0.4) is 0 Å². The van der Waals surface area contributed by atoms with Crippen molar-refractivity contribution >= 4 is 11.6 Å². The lowest BCUT2D eigenvalue weighted by molar-refractivity contribution is 0.411. The normalized spacial score (nSPS) is 16.0. The second kappa shape index (κ2) is 7.38. The highest BCUT2D eigenvalue weighted by molar-refractivity contribution is 5.62. The topological polar surface area (TPSA) is 56.1 Å². The molecular formula is C20H23N3O2. The van der Waals surface area contributed by atoms with Crippen LogP contribution in [0.1, 0.15) is 17.5 Å². The van der Waals surface area contributed by atoms with Crippen LogP contribution in [-0.2, 0) is 6.54 Å². The Labute approximate surface area is 147 Å². The molecule has 5 heteroatoms. The van der Waals surface area contributed by atoms with E-state index < -0.39 is 0 Å². The Morgan fingerprint density at radius 2 is 2.12 bits per heavy atom. The highest BCUT2D eigenvalue weighted by Crippen LogP contribution is 2.28. The number of benzene rings is 1. The number of nitrogens with zero attached hydrogens (tertiary/aromatic N) is 2. The van der Waals surface area contributed by atoms with Crippen LogP contribution in [0, 0.1) is 19.8 Å². The molecule has 0 radical (unpaired) electrons. The molecule has 25 heavy (non-hydrogen) atoms. The fourth-order valence-corrected chi connectivity index (χ4v) is 2.96. The van der Waals surface area contributed by atoms with E-state index in [4.69, 9.17) is 4.74 Å².